The van der Waals surface area contributed by atoms with E-state index in [4.69, 9.17) is 30.8 Å². The minimum absolute atomic E-state index is 0.0210. The van der Waals surface area contributed by atoms with Gasteiger partial charge in [0.2, 0.25) is 11.2 Å². The van der Waals surface area contributed by atoms with Crippen LogP contribution >= 0.6 is 33.2 Å². The third kappa shape index (κ3) is 7.73. The van der Waals surface area contributed by atoms with Gasteiger partial charge in [-0.3, -0.25) is 4.79 Å². The van der Waals surface area contributed by atoms with Crippen molar-refractivity contribution in [1.82, 2.24) is 29.8 Å². The number of hydrogen-bond acceptors (Lipinski definition) is 14. The van der Waals surface area contributed by atoms with Crippen LogP contribution in [0.15, 0.2) is 29.1 Å². The van der Waals surface area contributed by atoms with Crippen LogP contribution in [-0.2, 0) is 39.4 Å². The number of fused-ring (bicyclic) bond motifs is 5. The molecule has 14 nitrogen and oxygen atoms in total. The second-order valence-corrected chi connectivity index (χ2v) is 14.9. The molecular weight excluding hydrogens is 718 g/mol. The van der Waals surface area contributed by atoms with Gasteiger partial charge in [-0.1, -0.05) is 48.8 Å². The predicted octanol–water partition coefficient (Wildman–Crippen LogP) is 5.59. The van der Waals surface area contributed by atoms with Crippen LogP contribution in [-0.4, -0.2) is 72.9 Å². The number of hydrogen-bond donors (Lipinski definition) is 3. The van der Waals surface area contributed by atoms with E-state index >= 15 is 0 Å². The van der Waals surface area contributed by atoms with Crippen molar-refractivity contribution < 1.29 is 28.9 Å². The number of unbranched alkanes of at least 4 members (excludes halogenated alkanes) is 1. The summed E-state index contributed by atoms with van der Waals surface area (Å²) >= 11 is 6.21. The van der Waals surface area contributed by atoms with Gasteiger partial charge in [-0.15, -0.1) is 0 Å². The first-order valence-electron chi connectivity index (χ1n) is 16.8. The van der Waals surface area contributed by atoms with E-state index in [1.54, 1.807) is 45.2 Å². The van der Waals surface area contributed by atoms with Gasteiger partial charge < -0.3 is 34.5 Å². The smallest absolute Gasteiger partial charge is 0.407 e. The number of ether oxygens (including phenoxy) is 3. The van der Waals surface area contributed by atoms with Crippen LogP contribution in [0.3, 0.4) is 0 Å². The van der Waals surface area contributed by atoms with Gasteiger partial charge in [-0.25, -0.2) is 14.6 Å². The number of cyclic esters (lactones) is 1. The van der Waals surface area contributed by atoms with E-state index in [1.165, 1.54) is 0 Å². The van der Waals surface area contributed by atoms with Crippen LogP contribution < -0.4 is 20.9 Å². The number of rotatable bonds is 15. The number of nitrogens with zero attached hydrogens (tertiary/aromatic N) is 5. The number of carbonyl (C=O) groups is 2. The Morgan fingerprint density at radius 2 is 1.88 bits per heavy atom. The minimum atomic E-state index is -1.89. The first-order valence-corrected chi connectivity index (χ1v) is 19.6. The van der Waals surface area contributed by atoms with E-state index in [9.17, 15) is 19.5 Å². The zero-order valence-corrected chi connectivity index (χ0v) is 30.8. The molecule has 4 aromatic rings. The molecule has 0 spiro atoms. The van der Waals surface area contributed by atoms with E-state index in [2.05, 4.69) is 25.6 Å². The van der Waals surface area contributed by atoms with Gasteiger partial charge in [0.1, 0.15) is 12.4 Å². The normalized spacial score (nSPS) is 15.9. The Morgan fingerprint density at radius 1 is 1.08 bits per heavy atom. The first-order chi connectivity index (χ1) is 24.7. The summed E-state index contributed by atoms with van der Waals surface area (Å²) in [6, 6.07) is 7.17. The molecule has 1 aromatic carbocycles. The molecule has 3 N–H and O–H groups in total. The predicted molar refractivity (Wildman–Crippen MR) is 196 cm³/mol. The van der Waals surface area contributed by atoms with Crippen LogP contribution in [0, 0.1) is 0 Å². The molecule has 0 aliphatic carbocycles. The largest absolute Gasteiger partial charge is 0.458 e. The Morgan fingerprint density at radius 3 is 2.65 bits per heavy atom. The van der Waals surface area contributed by atoms with Crippen molar-refractivity contribution >= 4 is 62.1 Å². The highest BCUT2D eigenvalue weighted by Gasteiger charge is 2.45. The average molecular weight is 756 g/mol. The second-order valence-electron chi connectivity index (χ2n) is 11.9. The molecule has 6 rings (SSSR count). The molecule has 0 unspecified atom stereocenters. The van der Waals surface area contributed by atoms with Crippen molar-refractivity contribution in [2.24, 2.45) is 0 Å². The summed E-state index contributed by atoms with van der Waals surface area (Å²) in [5.41, 5.74) is 2.13. The second kappa shape index (κ2) is 16.0. The van der Waals surface area contributed by atoms with Crippen molar-refractivity contribution in [3.05, 3.63) is 62.2 Å². The molecule has 0 fully saturated rings. The number of halogens is 1. The van der Waals surface area contributed by atoms with Gasteiger partial charge in [-0.05, 0) is 60.7 Å². The van der Waals surface area contributed by atoms with Gasteiger partial charge in [0.15, 0.2) is 5.60 Å². The van der Waals surface area contributed by atoms with Crippen molar-refractivity contribution in [2.45, 2.75) is 65.2 Å². The molecule has 1 atom stereocenters. The van der Waals surface area contributed by atoms with Gasteiger partial charge in [0.25, 0.3) is 5.56 Å². The van der Waals surface area contributed by atoms with Gasteiger partial charge in [-0.2, -0.15) is 15.0 Å². The van der Waals surface area contributed by atoms with Crippen LogP contribution in [0.1, 0.15) is 62.3 Å². The van der Waals surface area contributed by atoms with Crippen LogP contribution in [0.5, 0.6) is 11.8 Å². The Labute approximate surface area is 306 Å². The fourth-order valence-corrected chi connectivity index (χ4v) is 8.01. The third-order valence-electron chi connectivity index (χ3n) is 8.67. The first kappa shape index (κ1) is 36.7. The standard InChI is InChI=1S/C34H38ClN7O7S2/c1-4-7-12-47-33(45)37-11-14-51-50-13-10-36-31-39-30(35)40-32(41-31)49-19-8-9-25-21(15-19)20(5-2)22-17-42-26(27(22)38-25)16-24-23(28(42)43)18-48-29(44)34(24,46)6-3/h8-9,15-16,46H,4-7,10-14,17-18H2,1-3H3,(H,37,45)(H,36,39,40,41)/t34-/m0/s1. The molecule has 0 saturated heterocycles. The monoisotopic (exact) mass is 755 g/mol. The summed E-state index contributed by atoms with van der Waals surface area (Å²) in [5, 5.41) is 17.9. The summed E-state index contributed by atoms with van der Waals surface area (Å²) in [6.45, 7) is 7.38. The molecule has 17 heteroatoms. The molecule has 3 aromatic heterocycles. The quantitative estimate of drug-likeness (QED) is 0.0684. The van der Waals surface area contributed by atoms with Crippen molar-refractivity contribution in [2.75, 3.05) is 36.5 Å². The molecule has 2 aliphatic rings. The van der Waals surface area contributed by atoms with E-state index in [-0.39, 0.29) is 53.0 Å². The summed E-state index contributed by atoms with van der Waals surface area (Å²) in [4.78, 5) is 55.4. The number of amides is 1. The fourth-order valence-electron chi connectivity index (χ4n) is 6.05. The fraction of sp³-hybridized carbons (Fsp3) is 0.441. The van der Waals surface area contributed by atoms with Crippen molar-refractivity contribution in [3.8, 4) is 23.1 Å². The lowest BCUT2D eigenvalue weighted by Gasteiger charge is -2.31. The Kier molecular flexibility index (Phi) is 11.5. The maximum Gasteiger partial charge on any atom is 0.407 e. The zero-order valence-electron chi connectivity index (χ0n) is 28.4. The number of nitrogens with one attached hydrogen (secondary N) is 2. The number of pyridine rings is 2. The van der Waals surface area contributed by atoms with Crippen molar-refractivity contribution in [3.63, 3.8) is 0 Å². The number of carbonyl (C=O) groups excluding carboxylic acids is 2. The highest BCUT2D eigenvalue weighted by molar-refractivity contribution is 8.76. The van der Waals surface area contributed by atoms with Gasteiger partial charge in [0.05, 0.1) is 35.6 Å². The lowest BCUT2D eigenvalue weighted by molar-refractivity contribution is -0.172. The maximum absolute atomic E-state index is 13.6. The number of benzene rings is 1. The number of aliphatic hydroxyl groups is 1. The van der Waals surface area contributed by atoms with E-state index in [0.717, 1.165) is 40.9 Å². The molecule has 0 saturated carbocycles. The summed E-state index contributed by atoms with van der Waals surface area (Å²) in [6.07, 6.45) is 2.17. The molecular formula is C34H38ClN7O7S2. The van der Waals surface area contributed by atoms with Gasteiger partial charge in [0, 0.05) is 41.1 Å². The van der Waals surface area contributed by atoms with Crippen LogP contribution in [0.25, 0.3) is 22.3 Å². The lowest BCUT2D eigenvalue weighted by atomic mass is 9.86. The molecule has 0 radical (unpaired) electrons. The molecule has 2 aliphatic heterocycles. The lowest BCUT2D eigenvalue weighted by Crippen LogP contribution is -2.44. The highest BCUT2D eigenvalue weighted by Crippen LogP contribution is 2.41. The third-order valence-corrected chi connectivity index (χ3v) is 11.2. The number of anilines is 1. The summed E-state index contributed by atoms with van der Waals surface area (Å²) in [7, 11) is 3.28. The van der Waals surface area contributed by atoms with Crippen molar-refractivity contribution in [1.29, 1.82) is 0 Å². The topological polar surface area (TPSA) is 180 Å². The minimum Gasteiger partial charge on any atom is -0.458 e. The van der Waals surface area contributed by atoms with Gasteiger partial charge >= 0.3 is 18.1 Å². The van der Waals surface area contributed by atoms with Crippen LogP contribution in [0.2, 0.25) is 5.28 Å². The summed E-state index contributed by atoms with van der Waals surface area (Å²) < 4.78 is 17.9. The summed E-state index contributed by atoms with van der Waals surface area (Å²) in [5.74, 6) is 1.47. The Bertz CT molecular complexity index is 2030. The molecule has 51 heavy (non-hydrogen) atoms. The molecule has 5 heterocycles. The number of esters is 1. The zero-order chi connectivity index (χ0) is 36.1. The number of alkyl carbamates (subject to hydrolysis) is 1. The Hall–Kier alpha value is -4.12. The Balaban J connectivity index is 1.12. The molecule has 1 amide bonds. The number of aromatic nitrogens is 5. The average Bonchev–Trinajstić information content (AvgIpc) is 3.48. The van der Waals surface area contributed by atoms with E-state index < -0.39 is 11.6 Å². The van der Waals surface area contributed by atoms with E-state index in [1.807, 2.05) is 26.0 Å². The number of aryl methyl sites for hydroxylation is 1. The van der Waals surface area contributed by atoms with Crippen LogP contribution in [0.4, 0.5) is 10.7 Å². The SMILES string of the molecule is CCCCOC(=O)NCCSSCCNc1nc(Cl)nc(Oc2ccc3nc4c(c(CC)c3c2)Cn2c-4cc3c(c2=O)COC(=O)[C@]3(O)CC)n1. The highest BCUT2D eigenvalue weighted by atomic mass is 35.5. The molecule has 0 bridgehead atoms. The molecule has 270 valence electrons. The maximum atomic E-state index is 13.6. The van der Waals surface area contributed by atoms with E-state index in [0.29, 0.717) is 55.3 Å².